The minimum Gasteiger partial charge on any atom is -0.329 e. The smallest absolute Gasteiger partial charge is 0.140 e. The number of nitrogens with zero attached hydrogens (tertiary/aromatic N) is 3. The lowest BCUT2D eigenvalue weighted by Crippen LogP contribution is -2.11. The van der Waals surface area contributed by atoms with Crippen LogP contribution in [0, 0.1) is 0 Å². The van der Waals surface area contributed by atoms with Gasteiger partial charge >= 0.3 is 0 Å². The van der Waals surface area contributed by atoms with E-state index in [-0.39, 0.29) is 0 Å². The number of pyridine rings is 1. The summed E-state index contributed by atoms with van der Waals surface area (Å²) in [5.41, 5.74) is 3.30. The Bertz CT molecular complexity index is 523. The van der Waals surface area contributed by atoms with Gasteiger partial charge in [-0.1, -0.05) is 18.5 Å². The summed E-state index contributed by atoms with van der Waals surface area (Å²) in [5, 5.41) is 0.630. The van der Waals surface area contributed by atoms with Crippen LogP contribution >= 0.6 is 11.6 Å². The normalized spacial score (nSPS) is 10.6. The molecule has 0 aliphatic carbocycles. The molecule has 0 fully saturated rings. The molecule has 0 saturated carbocycles. The molecular formula is C12H16ClN5. The highest BCUT2D eigenvalue weighted by molar-refractivity contribution is 6.31. The highest BCUT2D eigenvalue weighted by Gasteiger charge is 2.07. The van der Waals surface area contributed by atoms with Crippen LogP contribution in [0.25, 0.3) is 0 Å². The number of anilines is 1. The molecule has 18 heavy (non-hydrogen) atoms. The van der Waals surface area contributed by atoms with Crippen molar-refractivity contribution < 1.29 is 0 Å². The maximum Gasteiger partial charge on any atom is 0.140 e. The zero-order valence-corrected chi connectivity index (χ0v) is 11.0. The molecule has 0 radical (unpaired) electrons. The van der Waals surface area contributed by atoms with Crippen molar-refractivity contribution in [2.45, 2.75) is 26.3 Å². The maximum absolute atomic E-state index is 6.13. The van der Waals surface area contributed by atoms with Crippen molar-refractivity contribution in [3.63, 3.8) is 0 Å². The predicted molar refractivity (Wildman–Crippen MR) is 72.4 cm³/mol. The Morgan fingerprint density at radius 3 is 3.00 bits per heavy atom. The van der Waals surface area contributed by atoms with E-state index in [0.717, 1.165) is 24.4 Å². The van der Waals surface area contributed by atoms with Crippen LogP contribution in [-0.4, -0.2) is 14.5 Å². The Kier molecular flexibility index (Phi) is 4.17. The molecule has 2 heterocycles. The molecule has 2 rings (SSSR count). The van der Waals surface area contributed by atoms with E-state index in [1.165, 1.54) is 0 Å². The highest BCUT2D eigenvalue weighted by Crippen LogP contribution is 2.18. The van der Waals surface area contributed by atoms with Gasteiger partial charge in [0.2, 0.25) is 0 Å². The van der Waals surface area contributed by atoms with Gasteiger partial charge in [0.1, 0.15) is 11.6 Å². The Hall–Kier alpha value is -1.59. The number of halogens is 1. The number of nitrogen functional groups attached to an aromatic ring is 1. The van der Waals surface area contributed by atoms with Crippen molar-refractivity contribution in [1.29, 1.82) is 0 Å². The molecule has 0 aliphatic heterocycles. The number of hydrogen-bond acceptors (Lipinski definition) is 4. The molecule has 6 heteroatoms. The van der Waals surface area contributed by atoms with Crippen LogP contribution in [0.15, 0.2) is 24.5 Å². The molecule has 0 atom stereocenters. The zero-order chi connectivity index (χ0) is 13.0. The largest absolute Gasteiger partial charge is 0.329 e. The van der Waals surface area contributed by atoms with Crippen LogP contribution in [0.1, 0.15) is 24.9 Å². The Labute approximate surface area is 111 Å². The van der Waals surface area contributed by atoms with E-state index in [9.17, 15) is 0 Å². The molecular weight excluding hydrogens is 250 g/mol. The Balaban J connectivity index is 2.24. The van der Waals surface area contributed by atoms with Crippen LogP contribution in [0.2, 0.25) is 5.02 Å². The SMILES string of the molecule is CCCc1nccn1Cc1nc(NN)ccc1Cl. The van der Waals surface area contributed by atoms with Gasteiger partial charge in [0.05, 0.1) is 17.3 Å². The fourth-order valence-corrected chi connectivity index (χ4v) is 1.94. The van der Waals surface area contributed by atoms with Crippen molar-refractivity contribution in [2.75, 3.05) is 5.43 Å². The third kappa shape index (κ3) is 2.80. The summed E-state index contributed by atoms with van der Waals surface area (Å²) in [6, 6.07) is 3.53. The zero-order valence-electron chi connectivity index (χ0n) is 10.2. The average molecular weight is 266 g/mol. The fraction of sp³-hybridized carbons (Fsp3) is 0.333. The van der Waals surface area contributed by atoms with Crippen molar-refractivity contribution >= 4 is 17.4 Å². The summed E-state index contributed by atoms with van der Waals surface area (Å²) < 4.78 is 2.05. The summed E-state index contributed by atoms with van der Waals surface area (Å²) in [6.07, 6.45) is 5.73. The maximum atomic E-state index is 6.13. The summed E-state index contributed by atoms with van der Waals surface area (Å²) in [6.45, 7) is 2.73. The van der Waals surface area contributed by atoms with Crippen molar-refractivity contribution in [3.05, 3.63) is 41.1 Å². The number of aromatic nitrogens is 3. The first kappa shape index (κ1) is 12.9. The number of nitrogens with one attached hydrogen (secondary N) is 1. The summed E-state index contributed by atoms with van der Waals surface area (Å²) in [7, 11) is 0. The molecule has 0 spiro atoms. The van der Waals surface area contributed by atoms with E-state index < -0.39 is 0 Å². The van der Waals surface area contributed by atoms with Gasteiger partial charge in [-0.05, 0) is 18.6 Å². The van der Waals surface area contributed by atoms with E-state index in [1.54, 1.807) is 18.3 Å². The predicted octanol–water partition coefficient (Wildman–Crippen LogP) is 2.22. The highest BCUT2D eigenvalue weighted by atomic mass is 35.5. The molecule has 2 aromatic heterocycles. The number of rotatable bonds is 5. The third-order valence-electron chi connectivity index (χ3n) is 2.66. The lowest BCUT2D eigenvalue weighted by Gasteiger charge is -2.09. The van der Waals surface area contributed by atoms with Crippen molar-refractivity contribution in [2.24, 2.45) is 5.84 Å². The van der Waals surface area contributed by atoms with E-state index in [2.05, 4.69) is 26.9 Å². The number of hydrazine groups is 1. The molecule has 3 N–H and O–H groups in total. The summed E-state index contributed by atoms with van der Waals surface area (Å²) in [5.74, 6) is 6.99. The van der Waals surface area contributed by atoms with Crippen LogP contribution in [0.3, 0.4) is 0 Å². The fourth-order valence-electron chi connectivity index (χ4n) is 1.77. The second-order valence-corrected chi connectivity index (χ2v) is 4.40. The molecule has 0 aliphatic rings. The van der Waals surface area contributed by atoms with Gasteiger partial charge in [0.15, 0.2) is 0 Å². The molecule has 5 nitrogen and oxygen atoms in total. The van der Waals surface area contributed by atoms with Crippen LogP contribution in [0.4, 0.5) is 5.82 Å². The lowest BCUT2D eigenvalue weighted by molar-refractivity contribution is 0.694. The van der Waals surface area contributed by atoms with Gasteiger partial charge in [0, 0.05) is 18.8 Å². The van der Waals surface area contributed by atoms with Gasteiger partial charge in [-0.3, -0.25) is 0 Å². The van der Waals surface area contributed by atoms with Crippen LogP contribution in [0.5, 0.6) is 0 Å². The topological polar surface area (TPSA) is 68.8 Å². The molecule has 2 aromatic rings. The van der Waals surface area contributed by atoms with Gasteiger partial charge in [-0.15, -0.1) is 0 Å². The second-order valence-electron chi connectivity index (χ2n) is 3.99. The van der Waals surface area contributed by atoms with E-state index in [4.69, 9.17) is 17.4 Å². The molecule has 96 valence electrons. The minimum absolute atomic E-state index is 0.601. The molecule has 0 bridgehead atoms. The van der Waals surface area contributed by atoms with Crippen molar-refractivity contribution in [1.82, 2.24) is 14.5 Å². The molecule has 0 unspecified atom stereocenters. The summed E-state index contributed by atoms with van der Waals surface area (Å²) >= 11 is 6.13. The quantitative estimate of drug-likeness (QED) is 0.642. The van der Waals surface area contributed by atoms with Crippen molar-refractivity contribution in [3.8, 4) is 0 Å². The first-order chi connectivity index (χ1) is 8.74. The van der Waals surface area contributed by atoms with E-state index >= 15 is 0 Å². The Morgan fingerprint density at radius 2 is 2.28 bits per heavy atom. The average Bonchev–Trinajstić information content (AvgIpc) is 2.80. The monoisotopic (exact) mass is 265 g/mol. The summed E-state index contributed by atoms with van der Waals surface area (Å²) in [4.78, 5) is 8.68. The van der Waals surface area contributed by atoms with Crippen LogP contribution < -0.4 is 11.3 Å². The lowest BCUT2D eigenvalue weighted by atomic mass is 10.3. The third-order valence-corrected chi connectivity index (χ3v) is 3.01. The number of nitrogens with two attached hydrogens (primary N) is 1. The molecule has 0 saturated heterocycles. The standard InChI is InChI=1S/C12H16ClN5/c1-2-3-12-15-6-7-18(12)8-10-9(13)4-5-11(16-10)17-14/h4-7H,2-3,8,14H2,1H3,(H,16,17). The van der Waals surface area contributed by atoms with E-state index in [1.807, 2.05) is 6.20 Å². The molecule has 0 amide bonds. The number of imidazole rings is 1. The number of hydrogen-bond donors (Lipinski definition) is 2. The molecule has 0 aromatic carbocycles. The van der Waals surface area contributed by atoms with Gasteiger partial charge in [-0.2, -0.15) is 0 Å². The van der Waals surface area contributed by atoms with Gasteiger partial charge in [0.25, 0.3) is 0 Å². The van der Waals surface area contributed by atoms with Gasteiger partial charge < -0.3 is 9.99 Å². The second kappa shape index (κ2) is 5.84. The van der Waals surface area contributed by atoms with E-state index in [0.29, 0.717) is 17.4 Å². The van der Waals surface area contributed by atoms with Gasteiger partial charge in [-0.25, -0.2) is 15.8 Å². The first-order valence-corrected chi connectivity index (χ1v) is 6.24. The minimum atomic E-state index is 0.601. The first-order valence-electron chi connectivity index (χ1n) is 5.86. The van der Waals surface area contributed by atoms with Crippen LogP contribution in [-0.2, 0) is 13.0 Å². The Morgan fingerprint density at radius 1 is 1.44 bits per heavy atom. The number of aryl methyl sites for hydroxylation is 1.